The highest BCUT2D eigenvalue weighted by Crippen LogP contribution is 2.42. The zero-order valence-electron chi connectivity index (χ0n) is 17.4. The van der Waals surface area contributed by atoms with Crippen molar-refractivity contribution in [3.8, 4) is 0 Å². The molecule has 0 bridgehead atoms. The van der Waals surface area contributed by atoms with Gasteiger partial charge in [0.2, 0.25) is 5.91 Å². The van der Waals surface area contributed by atoms with Gasteiger partial charge >= 0.3 is 0 Å². The topological polar surface area (TPSA) is 85.4 Å². The molecule has 2 aliphatic heterocycles. The monoisotopic (exact) mass is 415 g/mol. The molecular formula is C21H30N5O2P. The van der Waals surface area contributed by atoms with Gasteiger partial charge in [-0.2, -0.15) is 5.10 Å². The molecule has 0 radical (unpaired) electrons. The molecule has 7 nitrogen and oxygen atoms in total. The maximum absolute atomic E-state index is 11.8. The minimum absolute atomic E-state index is 0.0860. The lowest BCUT2D eigenvalue weighted by molar-refractivity contribution is -0.118. The number of morpholine rings is 1. The Labute approximate surface area is 173 Å². The molecule has 3 aliphatic rings. The summed E-state index contributed by atoms with van der Waals surface area (Å²) in [5, 5.41) is 8.03. The number of carbonyl (C=O) groups is 1. The van der Waals surface area contributed by atoms with Gasteiger partial charge in [0.15, 0.2) is 0 Å². The van der Waals surface area contributed by atoms with Crippen LogP contribution >= 0.6 is 8.88 Å². The molecule has 29 heavy (non-hydrogen) atoms. The second kappa shape index (κ2) is 8.05. The van der Waals surface area contributed by atoms with Crippen LogP contribution < -0.4 is 11.1 Å². The van der Waals surface area contributed by atoms with Crippen LogP contribution in [0.15, 0.2) is 29.6 Å². The first kappa shape index (κ1) is 20.3. The number of nitrogens with one attached hydrogen (secondary N) is 1. The van der Waals surface area contributed by atoms with Gasteiger partial charge in [-0.1, -0.05) is 26.8 Å². The normalized spacial score (nSPS) is 23.6. The largest absolute Gasteiger partial charge is 0.405 e. The predicted molar refractivity (Wildman–Crippen MR) is 117 cm³/mol. The lowest BCUT2D eigenvalue weighted by atomic mass is 9.80. The van der Waals surface area contributed by atoms with Gasteiger partial charge in [-0.3, -0.25) is 9.46 Å². The van der Waals surface area contributed by atoms with Gasteiger partial charge in [0.05, 0.1) is 39.9 Å². The number of allylic oxidation sites excluding steroid dienone is 2. The zero-order valence-corrected chi connectivity index (χ0v) is 18.4. The highest BCUT2D eigenvalue weighted by Gasteiger charge is 2.33. The van der Waals surface area contributed by atoms with Crippen LogP contribution in [0.5, 0.6) is 0 Å². The first-order chi connectivity index (χ1) is 13.9. The smallest absolute Gasteiger partial charge is 0.228 e. The minimum Gasteiger partial charge on any atom is -0.405 e. The van der Waals surface area contributed by atoms with Gasteiger partial charge in [-0.15, -0.1) is 0 Å². The lowest BCUT2D eigenvalue weighted by Gasteiger charge is -2.26. The number of hydrogen-bond acceptors (Lipinski definition) is 5. The number of rotatable bonds is 4. The SMILES string of the molecule is CC(C)(C)c1nn(PN2CCOCC2)c(/C=C\N)c1C1C=CC2=C(CC(=O)N2)C1. The molecule has 0 spiro atoms. The van der Waals surface area contributed by atoms with Crippen molar-refractivity contribution in [2.24, 2.45) is 5.73 Å². The lowest BCUT2D eigenvalue weighted by Crippen LogP contribution is -2.31. The Bertz CT molecular complexity index is 888. The van der Waals surface area contributed by atoms with Crippen LogP contribution in [0.25, 0.3) is 6.08 Å². The van der Waals surface area contributed by atoms with Crippen molar-refractivity contribution < 1.29 is 9.53 Å². The molecule has 1 aromatic rings. The molecule has 1 amide bonds. The van der Waals surface area contributed by atoms with Gasteiger partial charge in [-0.05, 0) is 30.3 Å². The molecule has 4 rings (SSSR count). The van der Waals surface area contributed by atoms with Crippen LogP contribution in [0.1, 0.15) is 56.5 Å². The summed E-state index contributed by atoms with van der Waals surface area (Å²) in [5.74, 6) is 0.271. The molecule has 8 heteroatoms. The van der Waals surface area contributed by atoms with Gasteiger partial charge in [0.1, 0.15) is 0 Å². The van der Waals surface area contributed by atoms with E-state index in [2.05, 4.69) is 47.4 Å². The zero-order chi connectivity index (χ0) is 20.6. The van der Waals surface area contributed by atoms with E-state index in [9.17, 15) is 4.79 Å². The van der Waals surface area contributed by atoms with Crippen molar-refractivity contribution in [1.82, 2.24) is 19.5 Å². The molecule has 2 unspecified atom stereocenters. The van der Waals surface area contributed by atoms with Crippen LogP contribution in [-0.2, 0) is 14.9 Å². The van der Waals surface area contributed by atoms with Crippen molar-refractivity contribution in [3.05, 3.63) is 46.6 Å². The summed E-state index contributed by atoms with van der Waals surface area (Å²) in [4.78, 5) is 11.8. The molecule has 3 N–H and O–H groups in total. The molecule has 0 aromatic carbocycles. The van der Waals surface area contributed by atoms with Crippen molar-refractivity contribution >= 4 is 20.9 Å². The first-order valence-corrected chi connectivity index (χ1v) is 11.1. The molecular weight excluding hydrogens is 385 g/mol. The van der Waals surface area contributed by atoms with Gasteiger partial charge in [-0.25, -0.2) is 4.45 Å². The Kier molecular flexibility index (Phi) is 5.65. The summed E-state index contributed by atoms with van der Waals surface area (Å²) < 4.78 is 9.99. The fraction of sp³-hybridized carbons (Fsp3) is 0.524. The summed E-state index contributed by atoms with van der Waals surface area (Å²) >= 11 is 0. The van der Waals surface area contributed by atoms with E-state index in [1.165, 1.54) is 11.1 Å². The van der Waals surface area contributed by atoms with Crippen LogP contribution in [0.2, 0.25) is 0 Å². The van der Waals surface area contributed by atoms with Crippen molar-refractivity contribution in [3.63, 3.8) is 0 Å². The van der Waals surface area contributed by atoms with E-state index < -0.39 is 0 Å². The number of nitrogens with two attached hydrogens (primary N) is 1. The van der Waals surface area contributed by atoms with Gasteiger partial charge in [0.25, 0.3) is 0 Å². The third kappa shape index (κ3) is 4.18. The molecule has 156 valence electrons. The van der Waals surface area contributed by atoms with Crippen LogP contribution in [0, 0.1) is 0 Å². The number of carbonyl (C=O) groups excluding carboxylic acids is 1. The summed E-state index contributed by atoms with van der Waals surface area (Å²) in [6.45, 7) is 9.96. The highest BCUT2D eigenvalue weighted by atomic mass is 31.1. The molecule has 1 aliphatic carbocycles. The summed E-state index contributed by atoms with van der Waals surface area (Å²) in [6.07, 6.45) is 9.16. The maximum atomic E-state index is 11.8. The highest BCUT2D eigenvalue weighted by molar-refractivity contribution is 7.33. The Morgan fingerprint density at radius 3 is 2.79 bits per heavy atom. The average molecular weight is 415 g/mol. The third-order valence-electron chi connectivity index (χ3n) is 5.53. The molecule has 1 saturated heterocycles. The van der Waals surface area contributed by atoms with Crippen LogP contribution in [0.4, 0.5) is 0 Å². The summed E-state index contributed by atoms with van der Waals surface area (Å²) in [7, 11) is 0.420. The Hall–Kier alpha value is -1.95. The number of nitrogens with zero attached hydrogens (tertiary/aromatic N) is 3. The first-order valence-electron chi connectivity index (χ1n) is 10.2. The van der Waals surface area contributed by atoms with E-state index in [4.69, 9.17) is 15.6 Å². The second-order valence-electron chi connectivity index (χ2n) is 8.78. The molecule has 2 atom stereocenters. The Morgan fingerprint density at radius 2 is 2.10 bits per heavy atom. The number of ether oxygens (including phenoxy) is 1. The van der Waals surface area contributed by atoms with E-state index in [-0.39, 0.29) is 17.2 Å². The fourth-order valence-electron chi connectivity index (χ4n) is 4.15. The summed E-state index contributed by atoms with van der Waals surface area (Å²) in [6, 6.07) is 0. The second-order valence-corrected chi connectivity index (χ2v) is 10.0. The van der Waals surface area contributed by atoms with E-state index >= 15 is 0 Å². The molecule has 1 aromatic heterocycles. The predicted octanol–water partition coefficient (Wildman–Crippen LogP) is 2.62. The van der Waals surface area contributed by atoms with Crippen LogP contribution in [0.3, 0.4) is 0 Å². The van der Waals surface area contributed by atoms with Crippen molar-refractivity contribution in [1.29, 1.82) is 0 Å². The van der Waals surface area contributed by atoms with E-state index in [0.717, 1.165) is 49.8 Å². The van der Waals surface area contributed by atoms with Gasteiger partial charge in [0, 0.05) is 35.7 Å². The fourth-order valence-corrected chi connectivity index (χ4v) is 5.24. The van der Waals surface area contributed by atoms with Crippen LogP contribution in [-0.4, -0.2) is 46.4 Å². The van der Waals surface area contributed by atoms with E-state index in [1.807, 2.05) is 6.08 Å². The minimum atomic E-state index is -0.0977. The quantitative estimate of drug-likeness (QED) is 0.739. The third-order valence-corrected chi connectivity index (χ3v) is 6.79. The molecule has 0 saturated carbocycles. The molecule has 1 fully saturated rings. The van der Waals surface area contributed by atoms with Crippen molar-refractivity contribution in [2.75, 3.05) is 26.3 Å². The average Bonchev–Trinajstić information content (AvgIpc) is 3.22. The number of aromatic nitrogens is 2. The maximum Gasteiger partial charge on any atom is 0.228 e. The van der Waals surface area contributed by atoms with E-state index in [1.54, 1.807) is 6.20 Å². The Balaban J connectivity index is 1.73. The standard InChI is InChI=1S/C21H30N5O2P/c1-21(2,3)20-19(14-4-5-16-15(12-14)13-18(27)23-16)17(6-7-22)26(24-20)29-25-8-10-28-11-9-25/h4-7,14,29H,8-13,22H2,1-3H3,(H,23,27)/b7-6-. The number of hydrogen-bond donors (Lipinski definition) is 2. The Morgan fingerprint density at radius 1 is 1.34 bits per heavy atom. The summed E-state index contributed by atoms with van der Waals surface area (Å²) in [5.41, 5.74) is 11.3. The van der Waals surface area contributed by atoms with Crippen molar-refractivity contribution in [2.45, 2.75) is 44.9 Å². The van der Waals surface area contributed by atoms with Gasteiger partial charge < -0.3 is 15.8 Å². The molecule has 3 heterocycles. The van der Waals surface area contributed by atoms with E-state index in [0.29, 0.717) is 15.3 Å². The number of amides is 1.